The van der Waals surface area contributed by atoms with E-state index in [0.717, 1.165) is 38.6 Å². The second kappa shape index (κ2) is 12.2. The van der Waals surface area contributed by atoms with Crippen molar-refractivity contribution in [2.24, 2.45) is 17.6 Å². The van der Waals surface area contributed by atoms with Crippen LogP contribution in [0, 0.1) is 11.8 Å². The summed E-state index contributed by atoms with van der Waals surface area (Å²) in [4.78, 5) is 24.5. The summed E-state index contributed by atoms with van der Waals surface area (Å²) < 4.78 is 11.2. The largest absolute Gasteiger partial charge is 0.469 e. The Morgan fingerprint density at radius 3 is 2.44 bits per heavy atom. The van der Waals surface area contributed by atoms with Crippen LogP contribution in [-0.2, 0) is 26.1 Å². The van der Waals surface area contributed by atoms with Gasteiger partial charge in [0, 0.05) is 30.6 Å². The molecule has 190 valence electrons. The summed E-state index contributed by atoms with van der Waals surface area (Å²) in [6.45, 7) is 5.14. The van der Waals surface area contributed by atoms with E-state index in [2.05, 4.69) is 19.2 Å². The summed E-state index contributed by atoms with van der Waals surface area (Å²) in [5.41, 5.74) is 8.42. The lowest BCUT2D eigenvalue weighted by Gasteiger charge is -2.49. The average molecular weight is 473 g/mol. The van der Waals surface area contributed by atoms with E-state index in [0.29, 0.717) is 11.5 Å². The van der Waals surface area contributed by atoms with Gasteiger partial charge in [-0.25, -0.2) is 0 Å². The van der Waals surface area contributed by atoms with Gasteiger partial charge in [0.05, 0.1) is 19.1 Å². The van der Waals surface area contributed by atoms with Crippen molar-refractivity contribution in [1.82, 2.24) is 5.32 Å². The number of hydrogen-bond acceptors (Lipinski definition) is 5. The number of rotatable bonds is 11. The monoisotopic (exact) mass is 472 g/mol. The number of primary amides is 1. The van der Waals surface area contributed by atoms with E-state index in [4.69, 9.17) is 15.2 Å². The number of fused-ring (bicyclic) bond motifs is 1. The Morgan fingerprint density at radius 1 is 1.15 bits per heavy atom. The quantitative estimate of drug-likeness (QED) is 0.462. The van der Waals surface area contributed by atoms with Crippen LogP contribution in [0.5, 0.6) is 0 Å². The number of carbonyl (C=O) groups excluding carboxylic acids is 2. The zero-order chi connectivity index (χ0) is 24.7. The number of methoxy groups -OCH3 is 2. The normalized spacial score (nSPS) is 23.2. The van der Waals surface area contributed by atoms with Crippen LogP contribution in [0.2, 0.25) is 0 Å². The molecule has 1 amide bonds. The summed E-state index contributed by atoms with van der Waals surface area (Å²) >= 11 is 0. The van der Waals surface area contributed by atoms with Crippen LogP contribution in [0.3, 0.4) is 0 Å². The minimum Gasteiger partial charge on any atom is -0.469 e. The Balaban J connectivity index is 1.79. The van der Waals surface area contributed by atoms with Gasteiger partial charge in [0.25, 0.3) is 0 Å². The molecule has 6 heteroatoms. The molecule has 1 fully saturated rings. The molecule has 0 radical (unpaired) electrons. The highest BCUT2D eigenvalue weighted by molar-refractivity contribution is 5.93. The van der Waals surface area contributed by atoms with Crippen molar-refractivity contribution < 1.29 is 19.1 Å². The third kappa shape index (κ3) is 5.65. The predicted octanol–water partition coefficient (Wildman–Crippen LogP) is 4.52. The lowest BCUT2D eigenvalue weighted by atomic mass is 9.62. The Bertz CT molecular complexity index is 830. The van der Waals surface area contributed by atoms with Crippen LogP contribution in [0.15, 0.2) is 18.2 Å². The summed E-state index contributed by atoms with van der Waals surface area (Å²) in [7, 11) is 3.27. The van der Waals surface area contributed by atoms with Crippen LogP contribution in [0.1, 0.15) is 93.1 Å². The number of amides is 1. The number of esters is 1. The number of ether oxygens (including phenoxy) is 2. The molecule has 1 aromatic rings. The summed E-state index contributed by atoms with van der Waals surface area (Å²) in [5.74, 6) is 0.0687. The molecular formula is C28H44N2O4. The predicted molar refractivity (Wildman–Crippen MR) is 135 cm³/mol. The summed E-state index contributed by atoms with van der Waals surface area (Å²) in [6, 6.07) is 5.93. The SMILES string of the molecule is CCC1(CC)c2cc(C(N)=O)ccc2C[C@@H](OC)[C@@H]1NCCC(CC1CCCCC1)C(=O)OC. The molecule has 1 unspecified atom stereocenters. The van der Waals surface area contributed by atoms with Crippen LogP contribution < -0.4 is 11.1 Å². The Kier molecular flexibility index (Phi) is 9.55. The first kappa shape index (κ1) is 26.7. The van der Waals surface area contributed by atoms with E-state index in [1.54, 1.807) is 7.11 Å². The van der Waals surface area contributed by atoms with E-state index >= 15 is 0 Å². The van der Waals surface area contributed by atoms with E-state index in [1.165, 1.54) is 50.3 Å². The van der Waals surface area contributed by atoms with E-state index in [-0.39, 0.29) is 29.4 Å². The fraction of sp³-hybridized carbons (Fsp3) is 0.714. The van der Waals surface area contributed by atoms with Gasteiger partial charge in [0.15, 0.2) is 0 Å². The van der Waals surface area contributed by atoms with Gasteiger partial charge in [-0.05, 0) is 61.4 Å². The van der Waals surface area contributed by atoms with Gasteiger partial charge in [-0.15, -0.1) is 0 Å². The molecule has 0 spiro atoms. The van der Waals surface area contributed by atoms with Crippen LogP contribution in [-0.4, -0.2) is 44.8 Å². The highest BCUT2D eigenvalue weighted by atomic mass is 16.5. The average Bonchev–Trinajstić information content (AvgIpc) is 2.87. The maximum Gasteiger partial charge on any atom is 0.308 e. The fourth-order valence-corrected chi connectivity index (χ4v) is 6.58. The zero-order valence-corrected chi connectivity index (χ0v) is 21.5. The molecule has 3 N–H and O–H groups in total. The molecule has 1 aromatic carbocycles. The standard InChI is InChI=1S/C28H44N2O4/c1-5-28(6-2)23-17-21(26(29)31)13-12-20(23)18-24(33-3)25(28)30-15-14-22(27(32)34-4)16-19-10-8-7-9-11-19/h12-13,17,19,22,24-25,30H,5-11,14-16,18H2,1-4H3,(H2,29,31)/t22?,24-,25+/m1/s1. The Morgan fingerprint density at radius 2 is 1.85 bits per heavy atom. The summed E-state index contributed by atoms with van der Waals surface area (Å²) in [5, 5.41) is 3.80. The third-order valence-electron chi connectivity index (χ3n) is 8.62. The molecule has 6 nitrogen and oxygen atoms in total. The minimum absolute atomic E-state index is 0.0155. The fourth-order valence-electron chi connectivity index (χ4n) is 6.58. The first-order chi connectivity index (χ1) is 16.4. The molecule has 3 rings (SSSR count). The second-order valence-corrected chi connectivity index (χ2v) is 10.3. The molecule has 0 bridgehead atoms. The van der Waals surface area contributed by atoms with E-state index in [9.17, 15) is 9.59 Å². The smallest absolute Gasteiger partial charge is 0.308 e. The zero-order valence-electron chi connectivity index (χ0n) is 21.5. The van der Waals surface area contributed by atoms with E-state index in [1.807, 2.05) is 18.2 Å². The van der Waals surface area contributed by atoms with Gasteiger partial charge in [0.1, 0.15) is 0 Å². The highest BCUT2D eigenvalue weighted by Crippen LogP contribution is 2.44. The highest BCUT2D eigenvalue weighted by Gasteiger charge is 2.46. The van der Waals surface area contributed by atoms with Crippen LogP contribution in [0.25, 0.3) is 0 Å². The van der Waals surface area contributed by atoms with Crippen LogP contribution in [0.4, 0.5) is 0 Å². The molecule has 2 aliphatic carbocycles. The van der Waals surface area contributed by atoms with Crippen molar-refractivity contribution in [2.45, 2.75) is 95.6 Å². The van der Waals surface area contributed by atoms with Crippen molar-refractivity contribution in [3.05, 3.63) is 34.9 Å². The number of hydrogen-bond donors (Lipinski definition) is 2. The molecule has 0 saturated heterocycles. The van der Waals surface area contributed by atoms with Crippen molar-refractivity contribution in [3.8, 4) is 0 Å². The van der Waals surface area contributed by atoms with Gasteiger partial charge in [-0.3, -0.25) is 9.59 Å². The summed E-state index contributed by atoms with van der Waals surface area (Å²) in [6.07, 6.45) is 10.6. The van der Waals surface area contributed by atoms with Gasteiger partial charge < -0.3 is 20.5 Å². The van der Waals surface area contributed by atoms with Crippen molar-refractivity contribution >= 4 is 11.9 Å². The number of nitrogens with two attached hydrogens (primary N) is 1. The van der Waals surface area contributed by atoms with Gasteiger partial charge in [-0.1, -0.05) is 52.0 Å². The molecule has 0 aromatic heterocycles. The lowest BCUT2D eigenvalue weighted by Crippen LogP contribution is -2.59. The first-order valence-electron chi connectivity index (χ1n) is 13.2. The Hall–Kier alpha value is -1.92. The molecule has 1 saturated carbocycles. The van der Waals surface area contributed by atoms with Crippen LogP contribution >= 0.6 is 0 Å². The topological polar surface area (TPSA) is 90.7 Å². The molecule has 3 atom stereocenters. The van der Waals surface area contributed by atoms with Gasteiger partial charge >= 0.3 is 5.97 Å². The maximum absolute atomic E-state index is 12.6. The number of nitrogens with one attached hydrogen (secondary N) is 1. The molecule has 0 heterocycles. The van der Waals surface area contributed by atoms with Gasteiger partial charge in [0.2, 0.25) is 5.91 Å². The van der Waals surface area contributed by atoms with Crippen molar-refractivity contribution in [3.63, 3.8) is 0 Å². The van der Waals surface area contributed by atoms with Gasteiger partial charge in [-0.2, -0.15) is 0 Å². The third-order valence-corrected chi connectivity index (χ3v) is 8.62. The number of carbonyl (C=O) groups is 2. The molecular weight excluding hydrogens is 428 g/mol. The molecule has 0 aliphatic heterocycles. The molecule has 34 heavy (non-hydrogen) atoms. The maximum atomic E-state index is 12.6. The second-order valence-electron chi connectivity index (χ2n) is 10.3. The van der Waals surface area contributed by atoms with Crippen molar-refractivity contribution in [1.29, 1.82) is 0 Å². The lowest BCUT2D eigenvalue weighted by molar-refractivity contribution is -0.146. The van der Waals surface area contributed by atoms with E-state index < -0.39 is 5.91 Å². The Labute approximate surface area is 205 Å². The number of benzene rings is 1. The molecule has 2 aliphatic rings. The van der Waals surface area contributed by atoms with Crippen molar-refractivity contribution in [2.75, 3.05) is 20.8 Å². The first-order valence-corrected chi connectivity index (χ1v) is 13.2. The minimum atomic E-state index is -0.397.